The van der Waals surface area contributed by atoms with Gasteiger partial charge in [0.25, 0.3) is 5.91 Å². The summed E-state index contributed by atoms with van der Waals surface area (Å²) >= 11 is 0. The van der Waals surface area contributed by atoms with Crippen LogP contribution in [0.15, 0.2) is 42.6 Å². The number of pyridine rings is 1. The van der Waals surface area contributed by atoms with Crippen molar-refractivity contribution in [1.82, 2.24) is 4.98 Å². The molecule has 1 heterocycles. The van der Waals surface area contributed by atoms with E-state index in [1.54, 1.807) is 18.2 Å². The summed E-state index contributed by atoms with van der Waals surface area (Å²) in [7, 11) is 0. The monoisotopic (exact) mass is 337 g/mol. The Morgan fingerprint density at radius 1 is 1.25 bits per heavy atom. The zero-order valence-corrected chi connectivity index (χ0v) is 12.4. The highest BCUT2D eigenvalue weighted by molar-refractivity contribution is 6.02. The van der Waals surface area contributed by atoms with Gasteiger partial charge in [0.2, 0.25) is 0 Å². The van der Waals surface area contributed by atoms with Crippen LogP contribution >= 0.6 is 0 Å². The first kappa shape index (κ1) is 16.3. The number of hydrogen-bond acceptors (Lipinski definition) is 4. The molecule has 1 saturated carbocycles. The number of rotatable bonds is 4. The lowest BCUT2D eigenvalue weighted by molar-refractivity contribution is -0.274. The van der Waals surface area contributed by atoms with Crippen LogP contribution < -0.4 is 15.8 Å². The van der Waals surface area contributed by atoms with Gasteiger partial charge < -0.3 is 15.8 Å². The molecule has 0 saturated heterocycles. The maximum absolute atomic E-state index is 12.1. The van der Waals surface area contributed by atoms with Crippen LogP contribution in [-0.2, 0) is 5.54 Å². The minimum atomic E-state index is -4.80. The van der Waals surface area contributed by atoms with Gasteiger partial charge in [0.1, 0.15) is 11.4 Å². The molecule has 3 rings (SSSR count). The molecule has 1 aromatic heterocycles. The number of carbonyl (C=O) groups is 1. The predicted molar refractivity (Wildman–Crippen MR) is 80.4 cm³/mol. The van der Waals surface area contributed by atoms with E-state index >= 15 is 0 Å². The van der Waals surface area contributed by atoms with Crippen molar-refractivity contribution in [3.05, 3.63) is 53.9 Å². The van der Waals surface area contributed by atoms with Gasteiger partial charge in [0.05, 0.1) is 6.20 Å². The molecular weight excluding hydrogens is 323 g/mol. The number of nitrogens with two attached hydrogens (primary N) is 1. The third kappa shape index (κ3) is 3.83. The average Bonchev–Trinajstić information content (AvgIpc) is 3.26. The topological polar surface area (TPSA) is 77.2 Å². The van der Waals surface area contributed by atoms with E-state index in [2.05, 4.69) is 15.0 Å². The zero-order valence-electron chi connectivity index (χ0n) is 12.4. The summed E-state index contributed by atoms with van der Waals surface area (Å²) in [6, 6.07) is 9.35. The van der Waals surface area contributed by atoms with E-state index in [0.29, 0.717) is 5.69 Å². The molecule has 0 unspecified atom stereocenters. The summed E-state index contributed by atoms with van der Waals surface area (Å²) in [5, 5.41) is 2.65. The maximum Gasteiger partial charge on any atom is 0.573 e. The summed E-state index contributed by atoms with van der Waals surface area (Å²) in [6.45, 7) is 0. The first-order valence-corrected chi connectivity index (χ1v) is 7.18. The number of alkyl halides is 3. The number of nitrogens with one attached hydrogen (secondary N) is 1. The standard InChI is InChI=1S/C16H14F3N3O2/c17-16(18,19)24-12-4-5-13(21-9-12)14(23)22-11-3-1-2-10(8-11)15(20)6-7-15/h1-5,8-9H,6-7,20H2,(H,22,23). The van der Waals surface area contributed by atoms with E-state index in [1.165, 1.54) is 0 Å². The maximum atomic E-state index is 12.1. The summed E-state index contributed by atoms with van der Waals surface area (Å²) in [4.78, 5) is 15.8. The fourth-order valence-electron chi connectivity index (χ4n) is 2.23. The summed E-state index contributed by atoms with van der Waals surface area (Å²) in [5.74, 6) is -1.02. The van der Waals surface area contributed by atoms with Gasteiger partial charge in [0.15, 0.2) is 0 Å². The molecule has 0 aliphatic heterocycles. The second kappa shape index (κ2) is 5.79. The highest BCUT2D eigenvalue weighted by Gasteiger charge is 2.40. The number of nitrogens with zero attached hydrogens (tertiary/aromatic N) is 1. The van der Waals surface area contributed by atoms with Gasteiger partial charge in [-0.2, -0.15) is 0 Å². The molecule has 1 aliphatic rings. The van der Waals surface area contributed by atoms with Gasteiger partial charge in [-0.25, -0.2) is 4.98 Å². The Hall–Kier alpha value is -2.61. The highest BCUT2D eigenvalue weighted by atomic mass is 19.4. The second-order valence-corrected chi connectivity index (χ2v) is 5.62. The molecule has 8 heteroatoms. The van der Waals surface area contributed by atoms with Crippen LogP contribution in [0.2, 0.25) is 0 Å². The SMILES string of the molecule is NC1(c2cccc(NC(=O)c3ccc(OC(F)(F)F)cn3)c2)CC1. The summed E-state index contributed by atoms with van der Waals surface area (Å²) < 4.78 is 40.0. The van der Waals surface area contributed by atoms with E-state index in [0.717, 1.165) is 36.7 Å². The average molecular weight is 337 g/mol. The van der Waals surface area contributed by atoms with Gasteiger partial charge in [-0.1, -0.05) is 12.1 Å². The third-order valence-corrected chi connectivity index (χ3v) is 3.69. The van der Waals surface area contributed by atoms with E-state index in [4.69, 9.17) is 5.73 Å². The van der Waals surface area contributed by atoms with Crippen molar-refractivity contribution in [1.29, 1.82) is 0 Å². The fraction of sp³-hybridized carbons (Fsp3) is 0.250. The quantitative estimate of drug-likeness (QED) is 0.898. The Balaban J connectivity index is 1.69. The van der Waals surface area contributed by atoms with Gasteiger partial charge in [-0.05, 0) is 42.7 Å². The van der Waals surface area contributed by atoms with Crippen LogP contribution in [0.5, 0.6) is 5.75 Å². The predicted octanol–water partition coefficient (Wildman–Crippen LogP) is 3.18. The number of ether oxygens (including phenoxy) is 1. The molecule has 0 spiro atoms. The van der Waals surface area contributed by atoms with Crippen LogP contribution in [0.1, 0.15) is 28.9 Å². The number of halogens is 3. The van der Waals surface area contributed by atoms with Crippen LogP contribution in [0, 0.1) is 0 Å². The minimum absolute atomic E-state index is 0.0242. The number of hydrogen-bond donors (Lipinski definition) is 2. The van der Waals surface area contributed by atoms with Crippen molar-refractivity contribution in [2.75, 3.05) is 5.32 Å². The minimum Gasteiger partial charge on any atom is -0.404 e. The number of aromatic nitrogens is 1. The largest absolute Gasteiger partial charge is 0.573 e. The summed E-state index contributed by atoms with van der Waals surface area (Å²) in [5.41, 5.74) is 7.25. The van der Waals surface area contributed by atoms with Crippen LogP contribution in [-0.4, -0.2) is 17.3 Å². The molecule has 5 nitrogen and oxygen atoms in total. The molecule has 1 aliphatic carbocycles. The van der Waals surface area contributed by atoms with Gasteiger partial charge in [0, 0.05) is 11.2 Å². The third-order valence-electron chi connectivity index (χ3n) is 3.69. The van der Waals surface area contributed by atoms with Gasteiger partial charge in [-0.15, -0.1) is 13.2 Å². The highest BCUT2D eigenvalue weighted by Crippen LogP contribution is 2.43. The Morgan fingerprint density at radius 2 is 2.00 bits per heavy atom. The first-order valence-electron chi connectivity index (χ1n) is 7.18. The van der Waals surface area contributed by atoms with E-state index in [-0.39, 0.29) is 11.2 Å². The Labute approximate surface area is 135 Å². The molecule has 0 bridgehead atoms. The number of carbonyl (C=O) groups excluding carboxylic acids is 1. The van der Waals surface area contributed by atoms with Crippen molar-refractivity contribution in [3.63, 3.8) is 0 Å². The molecule has 0 radical (unpaired) electrons. The fourth-order valence-corrected chi connectivity index (χ4v) is 2.23. The molecule has 1 aromatic carbocycles. The molecule has 1 fully saturated rings. The zero-order chi connectivity index (χ0) is 17.4. The van der Waals surface area contributed by atoms with Crippen molar-refractivity contribution in [2.45, 2.75) is 24.7 Å². The van der Waals surface area contributed by atoms with Crippen LogP contribution in [0.3, 0.4) is 0 Å². The molecular formula is C16H14F3N3O2. The molecule has 3 N–H and O–H groups in total. The van der Waals surface area contributed by atoms with Crippen LogP contribution in [0.4, 0.5) is 18.9 Å². The van der Waals surface area contributed by atoms with Crippen molar-refractivity contribution in [2.24, 2.45) is 5.73 Å². The lowest BCUT2D eigenvalue weighted by Crippen LogP contribution is -2.20. The summed E-state index contributed by atoms with van der Waals surface area (Å²) in [6.07, 6.45) is -2.16. The Morgan fingerprint density at radius 3 is 2.58 bits per heavy atom. The second-order valence-electron chi connectivity index (χ2n) is 5.62. The molecule has 24 heavy (non-hydrogen) atoms. The molecule has 126 valence electrons. The van der Waals surface area contributed by atoms with E-state index < -0.39 is 18.0 Å². The lowest BCUT2D eigenvalue weighted by atomic mass is 10.1. The van der Waals surface area contributed by atoms with Crippen molar-refractivity contribution >= 4 is 11.6 Å². The Kier molecular flexibility index (Phi) is 3.92. The lowest BCUT2D eigenvalue weighted by Gasteiger charge is -2.12. The number of benzene rings is 1. The number of anilines is 1. The van der Waals surface area contributed by atoms with Crippen molar-refractivity contribution in [3.8, 4) is 5.75 Å². The van der Waals surface area contributed by atoms with E-state index in [1.807, 2.05) is 6.07 Å². The smallest absolute Gasteiger partial charge is 0.404 e. The molecule has 0 atom stereocenters. The first-order chi connectivity index (χ1) is 11.3. The Bertz CT molecular complexity index is 756. The van der Waals surface area contributed by atoms with Gasteiger partial charge >= 0.3 is 6.36 Å². The van der Waals surface area contributed by atoms with E-state index in [9.17, 15) is 18.0 Å². The van der Waals surface area contributed by atoms with Gasteiger partial charge in [-0.3, -0.25) is 4.79 Å². The van der Waals surface area contributed by atoms with Crippen LogP contribution in [0.25, 0.3) is 0 Å². The molecule has 2 aromatic rings. The molecule has 1 amide bonds. The normalized spacial score (nSPS) is 15.7. The van der Waals surface area contributed by atoms with Crippen molar-refractivity contribution < 1.29 is 22.7 Å². The number of amides is 1.